The van der Waals surface area contributed by atoms with Gasteiger partial charge in [0.15, 0.2) is 0 Å². The number of hydrogen-bond acceptors (Lipinski definition) is 3. The van der Waals surface area contributed by atoms with Crippen molar-refractivity contribution >= 4 is 23.3 Å². The number of nitrogens with zero attached hydrogens (tertiary/aromatic N) is 3. The molecule has 30 heavy (non-hydrogen) atoms. The zero-order valence-corrected chi connectivity index (χ0v) is 17.4. The number of amides is 3. The first-order valence-electron chi connectivity index (χ1n) is 10.3. The first kappa shape index (κ1) is 20.3. The van der Waals surface area contributed by atoms with Crippen molar-refractivity contribution < 1.29 is 14.0 Å². The van der Waals surface area contributed by atoms with Crippen LogP contribution in [0.4, 0.5) is 20.6 Å². The summed E-state index contributed by atoms with van der Waals surface area (Å²) in [5.74, 6) is -0.427. The van der Waals surface area contributed by atoms with Crippen molar-refractivity contribution in [2.45, 2.75) is 25.3 Å². The summed E-state index contributed by atoms with van der Waals surface area (Å²) in [5, 5.41) is 3.04. The summed E-state index contributed by atoms with van der Waals surface area (Å²) in [7, 11) is 1.93. The van der Waals surface area contributed by atoms with Crippen LogP contribution in [0.3, 0.4) is 0 Å². The molecule has 1 N–H and O–H groups in total. The molecule has 2 aromatic carbocycles. The average molecular weight is 410 g/mol. The van der Waals surface area contributed by atoms with E-state index < -0.39 is 0 Å². The van der Waals surface area contributed by atoms with Gasteiger partial charge in [-0.1, -0.05) is 31.2 Å². The molecule has 0 radical (unpaired) electrons. The van der Waals surface area contributed by atoms with Crippen LogP contribution in [-0.4, -0.2) is 60.5 Å². The molecule has 0 aliphatic carbocycles. The molecule has 2 aliphatic rings. The number of nitrogens with one attached hydrogen (secondary N) is 1. The normalized spacial score (nSPS) is 22.0. The molecule has 2 heterocycles. The van der Waals surface area contributed by atoms with E-state index in [1.807, 2.05) is 41.1 Å². The molecule has 0 bridgehead atoms. The minimum absolute atomic E-state index is 0.0616. The third-order valence-electron chi connectivity index (χ3n) is 6.31. The van der Waals surface area contributed by atoms with Crippen LogP contribution in [-0.2, 0) is 11.2 Å². The van der Waals surface area contributed by atoms with E-state index in [4.69, 9.17) is 0 Å². The van der Waals surface area contributed by atoms with Crippen LogP contribution in [0.5, 0.6) is 0 Å². The number of carbonyl (C=O) groups is 2. The van der Waals surface area contributed by atoms with E-state index in [0.29, 0.717) is 25.3 Å². The van der Waals surface area contributed by atoms with Gasteiger partial charge in [-0.3, -0.25) is 9.69 Å². The second kappa shape index (κ2) is 8.07. The Labute approximate surface area is 176 Å². The minimum Gasteiger partial charge on any atom is -0.323 e. The summed E-state index contributed by atoms with van der Waals surface area (Å²) in [4.78, 5) is 31.1. The van der Waals surface area contributed by atoms with Crippen molar-refractivity contribution in [2.75, 3.05) is 43.4 Å². The number of para-hydroxylation sites is 1. The third-order valence-corrected chi connectivity index (χ3v) is 6.31. The summed E-state index contributed by atoms with van der Waals surface area (Å²) in [5.41, 5.74) is 2.14. The van der Waals surface area contributed by atoms with Gasteiger partial charge in [0.05, 0.1) is 12.1 Å². The Hall–Kier alpha value is -2.93. The van der Waals surface area contributed by atoms with E-state index in [1.54, 1.807) is 17.0 Å². The van der Waals surface area contributed by atoms with Crippen LogP contribution in [0, 0.1) is 5.82 Å². The lowest BCUT2D eigenvalue weighted by Crippen LogP contribution is -2.64. The van der Waals surface area contributed by atoms with E-state index in [-0.39, 0.29) is 29.8 Å². The molecule has 3 amide bonds. The maximum Gasteiger partial charge on any atom is 0.321 e. The van der Waals surface area contributed by atoms with E-state index in [9.17, 15) is 14.0 Å². The smallest absolute Gasteiger partial charge is 0.321 e. The van der Waals surface area contributed by atoms with Crippen LogP contribution in [0.1, 0.15) is 18.9 Å². The predicted molar refractivity (Wildman–Crippen MR) is 115 cm³/mol. The zero-order chi connectivity index (χ0) is 21.3. The van der Waals surface area contributed by atoms with Crippen LogP contribution in [0.15, 0.2) is 48.5 Å². The van der Waals surface area contributed by atoms with Crippen LogP contribution < -0.4 is 10.2 Å². The molecule has 7 heteroatoms. The Morgan fingerprint density at radius 1 is 1.17 bits per heavy atom. The zero-order valence-electron chi connectivity index (χ0n) is 17.4. The van der Waals surface area contributed by atoms with Gasteiger partial charge in [0.2, 0.25) is 5.91 Å². The number of aryl methyl sites for hydroxylation is 1. The molecule has 4 rings (SSSR count). The number of anilines is 2. The van der Waals surface area contributed by atoms with Crippen molar-refractivity contribution in [2.24, 2.45) is 0 Å². The fraction of sp³-hybridized carbons (Fsp3) is 0.391. The minimum atomic E-state index is -0.365. The summed E-state index contributed by atoms with van der Waals surface area (Å²) >= 11 is 0. The number of halogens is 1. The molecule has 0 saturated carbocycles. The van der Waals surface area contributed by atoms with E-state index >= 15 is 0 Å². The van der Waals surface area contributed by atoms with E-state index in [0.717, 1.165) is 24.1 Å². The Morgan fingerprint density at radius 3 is 2.73 bits per heavy atom. The molecular weight excluding hydrogens is 383 g/mol. The highest BCUT2D eigenvalue weighted by Gasteiger charge is 2.48. The molecule has 2 fully saturated rings. The van der Waals surface area contributed by atoms with Crippen molar-refractivity contribution in [3.8, 4) is 0 Å². The molecule has 2 saturated heterocycles. The largest absolute Gasteiger partial charge is 0.323 e. The van der Waals surface area contributed by atoms with Gasteiger partial charge in [-0.15, -0.1) is 0 Å². The third kappa shape index (κ3) is 3.77. The van der Waals surface area contributed by atoms with Gasteiger partial charge in [0.1, 0.15) is 5.82 Å². The first-order chi connectivity index (χ1) is 14.4. The number of hydrogen-bond donors (Lipinski definition) is 1. The Balaban J connectivity index is 1.50. The number of likely N-dealkylation sites (N-methyl/N-ethyl adjacent to an activating group) is 1. The number of urea groups is 1. The van der Waals surface area contributed by atoms with Crippen LogP contribution in [0.25, 0.3) is 0 Å². The topological polar surface area (TPSA) is 55.9 Å². The lowest BCUT2D eigenvalue weighted by Gasteiger charge is -2.46. The van der Waals surface area contributed by atoms with Gasteiger partial charge in [-0.2, -0.15) is 0 Å². The summed E-state index contributed by atoms with van der Waals surface area (Å²) in [6.45, 7) is 3.86. The molecule has 158 valence electrons. The van der Waals surface area contributed by atoms with Gasteiger partial charge in [0, 0.05) is 31.0 Å². The Morgan fingerprint density at radius 2 is 1.97 bits per heavy atom. The summed E-state index contributed by atoms with van der Waals surface area (Å²) < 4.78 is 13.7. The molecule has 2 aromatic rings. The van der Waals surface area contributed by atoms with E-state index in [1.165, 1.54) is 12.1 Å². The van der Waals surface area contributed by atoms with Crippen molar-refractivity contribution in [3.63, 3.8) is 0 Å². The van der Waals surface area contributed by atoms with Gasteiger partial charge < -0.3 is 15.1 Å². The molecule has 1 spiro atoms. The predicted octanol–water partition coefficient (Wildman–Crippen LogP) is 3.34. The number of carbonyl (C=O) groups excluding carboxylic acids is 2. The average Bonchev–Trinajstić information content (AvgIpc) is 3.17. The standard InChI is InChI=1S/C23H27FN4O2/c1-3-17-7-4-5-10-20(17)25-22(30)27-12-11-23(15-27)16-28(21(29)14-26(23)2)19-9-6-8-18(24)13-19/h4-10,13H,3,11-12,14-16H2,1-2H3,(H,25,30). The lowest BCUT2D eigenvalue weighted by molar-refractivity contribution is -0.123. The number of likely N-dealkylation sites (tertiary alicyclic amines) is 1. The molecular formula is C23H27FN4O2. The fourth-order valence-corrected chi connectivity index (χ4v) is 4.45. The maximum atomic E-state index is 13.7. The first-order valence-corrected chi connectivity index (χ1v) is 10.3. The monoisotopic (exact) mass is 410 g/mol. The molecule has 6 nitrogen and oxygen atoms in total. The van der Waals surface area contributed by atoms with Crippen molar-refractivity contribution in [1.29, 1.82) is 0 Å². The van der Waals surface area contributed by atoms with Crippen LogP contribution in [0.2, 0.25) is 0 Å². The fourth-order valence-electron chi connectivity index (χ4n) is 4.45. The highest BCUT2D eigenvalue weighted by atomic mass is 19.1. The second-order valence-electron chi connectivity index (χ2n) is 8.15. The summed E-state index contributed by atoms with van der Waals surface area (Å²) in [6, 6.07) is 13.8. The van der Waals surface area contributed by atoms with E-state index in [2.05, 4.69) is 12.2 Å². The Kier molecular flexibility index (Phi) is 5.47. The summed E-state index contributed by atoms with van der Waals surface area (Å²) in [6.07, 6.45) is 1.60. The van der Waals surface area contributed by atoms with Gasteiger partial charge in [0.25, 0.3) is 0 Å². The lowest BCUT2D eigenvalue weighted by atomic mass is 9.92. The van der Waals surface area contributed by atoms with Gasteiger partial charge >= 0.3 is 6.03 Å². The van der Waals surface area contributed by atoms with Crippen molar-refractivity contribution in [1.82, 2.24) is 9.80 Å². The molecule has 1 atom stereocenters. The molecule has 0 aromatic heterocycles. The highest BCUT2D eigenvalue weighted by Crippen LogP contribution is 2.34. The van der Waals surface area contributed by atoms with Crippen molar-refractivity contribution in [3.05, 3.63) is 59.9 Å². The second-order valence-corrected chi connectivity index (χ2v) is 8.15. The number of rotatable bonds is 3. The molecule has 2 aliphatic heterocycles. The highest BCUT2D eigenvalue weighted by molar-refractivity contribution is 5.96. The number of piperazine rings is 1. The Bertz CT molecular complexity index is 966. The SMILES string of the molecule is CCc1ccccc1NC(=O)N1CCC2(C1)CN(c1cccc(F)c1)C(=O)CN2C. The van der Waals surface area contributed by atoms with Gasteiger partial charge in [-0.25, -0.2) is 9.18 Å². The van der Waals surface area contributed by atoms with Crippen LogP contribution >= 0.6 is 0 Å². The van der Waals surface area contributed by atoms with Gasteiger partial charge in [-0.05, 0) is 49.7 Å². The quantitative estimate of drug-likeness (QED) is 0.844. The maximum absolute atomic E-state index is 13.7. The number of benzene rings is 2. The molecule has 1 unspecified atom stereocenters.